The van der Waals surface area contributed by atoms with E-state index in [0.717, 1.165) is 18.4 Å². The van der Waals surface area contributed by atoms with Crippen LogP contribution in [0.5, 0.6) is 0 Å². The molecule has 0 aromatic rings. The second-order valence-electron chi connectivity index (χ2n) is 10.3. The number of epoxide rings is 1. The van der Waals surface area contributed by atoms with Crippen molar-refractivity contribution < 1.29 is 29.6 Å². The van der Waals surface area contributed by atoms with E-state index in [0.29, 0.717) is 12.8 Å². The van der Waals surface area contributed by atoms with E-state index >= 15 is 0 Å². The van der Waals surface area contributed by atoms with Crippen molar-refractivity contribution >= 4 is 11.8 Å². The Morgan fingerprint density at radius 2 is 1.91 bits per heavy atom. The largest absolute Gasteiger partial charge is 0.481 e. The second-order valence-corrected chi connectivity index (χ2v) is 10.3. The number of carboxylic acids is 1. The van der Waals surface area contributed by atoms with Gasteiger partial charge in [0.2, 0.25) is 0 Å². The Bertz CT molecular complexity index is 776. The quantitative estimate of drug-likeness (QED) is 0.106. The number of aliphatic hydroxyl groups excluding tert-OH is 2. The lowest BCUT2D eigenvalue weighted by Crippen LogP contribution is -2.45. The third-order valence-electron chi connectivity index (χ3n) is 7.32. The summed E-state index contributed by atoms with van der Waals surface area (Å²) in [5, 5.41) is 33.7. The van der Waals surface area contributed by atoms with E-state index in [4.69, 9.17) is 15.4 Å². The number of aliphatic hydroxyl groups is 2. The Morgan fingerprint density at radius 3 is 2.42 bits per heavy atom. The maximum atomic E-state index is 12.9. The summed E-state index contributed by atoms with van der Waals surface area (Å²) in [5.41, 5.74) is 8.26. The molecular weight excluding hydrogens is 426 g/mol. The first kappa shape index (κ1) is 29.1. The first-order chi connectivity index (χ1) is 15.2. The van der Waals surface area contributed by atoms with Crippen LogP contribution < -0.4 is 0 Å². The molecule has 1 rings (SSSR count). The first-order valence-corrected chi connectivity index (χ1v) is 11.7. The molecule has 3 N–H and O–H groups in total. The molecule has 1 fully saturated rings. The molecular formula is C24H41N3O6. The molecule has 7 atom stereocenters. The number of aliphatic carboxylic acids is 1. The van der Waals surface area contributed by atoms with Crippen LogP contribution in [0.25, 0.3) is 10.4 Å². The number of carboxylic acid groups (broad SMARTS) is 1. The van der Waals surface area contributed by atoms with Crippen LogP contribution in [-0.4, -0.2) is 57.0 Å². The summed E-state index contributed by atoms with van der Waals surface area (Å²) in [6, 6.07) is -0.223. The highest BCUT2D eigenvalue weighted by Crippen LogP contribution is 2.44. The maximum absolute atomic E-state index is 12.9. The topological polar surface area (TPSA) is 156 Å². The summed E-state index contributed by atoms with van der Waals surface area (Å²) in [5.74, 6) is -2.41. The molecule has 7 unspecified atom stereocenters. The van der Waals surface area contributed by atoms with Gasteiger partial charge in [0.05, 0.1) is 41.8 Å². The van der Waals surface area contributed by atoms with Gasteiger partial charge in [0.25, 0.3) is 0 Å². The standard InChI is InChI=1S/C24H41N3O6/c1-8-14(2)17(26-27-25)12-19-24(7,33-19)11-9-10-15(3)21(31)16(4)22(32)23(5,6)18(28)13-20(29)30/h8,15-19,21,28,31H,9-13H2,1-7H3,(H,29,30)/b14-8+. The Hall–Kier alpha value is -1.93. The van der Waals surface area contributed by atoms with Crippen molar-refractivity contribution in [3.8, 4) is 0 Å². The third-order valence-corrected chi connectivity index (χ3v) is 7.32. The second kappa shape index (κ2) is 12.0. The van der Waals surface area contributed by atoms with Crippen LogP contribution in [0.2, 0.25) is 0 Å². The van der Waals surface area contributed by atoms with Gasteiger partial charge in [-0.05, 0) is 51.5 Å². The number of rotatable bonds is 15. The van der Waals surface area contributed by atoms with Crippen LogP contribution in [0.15, 0.2) is 16.8 Å². The van der Waals surface area contributed by atoms with Crippen LogP contribution in [0.3, 0.4) is 0 Å². The van der Waals surface area contributed by atoms with Gasteiger partial charge in [-0.1, -0.05) is 50.9 Å². The molecule has 0 spiro atoms. The summed E-state index contributed by atoms with van der Waals surface area (Å²) in [6.45, 7) is 12.4. The highest BCUT2D eigenvalue weighted by Gasteiger charge is 2.52. The molecule has 0 aliphatic carbocycles. The summed E-state index contributed by atoms with van der Waals surface area (Å²) in [6.07, 6.45) is 2.12. The Balaban J connectivity index is 2.58. The number of azide groups is 1. The van der Waals surface area contributed by atoms with Crippen molar-refractivity contribution in [1.29, 1.82) is 0 Å². The molecule has 1 aliphatic heterocycles. The predicted octanol–water partition coefficient (Wildman–Crippen LogP) is 4.41. The molecule has 188 valence electrons. The van der Waals surface area contributed by atoms with Gasteiger partial charge in [-0.3, -0.25) is 9.59 Å². The summed E-state index contributed by atoms with van der Waals surface area (Å²) < 4.78 is 5.90. The molecule has 0 amide bonds. The van der Waals surface area contributed by atoms with Gasteiger partial charge in [0.15, 0.2) is 0 Å². The van der Waals surface area contributed by atoms with Gasteiger partial charge in [0, 0.05) is 10.8 Å². The van der Waals surface area contributed by atoms with Gasteiger partial charge < -0.3 is 20.1 Å². The normalized spacial score (nSPS) is 25.4. The first-order valence-electron chi connectivity index (χ1n) is 11.7. The minimum absolute atomic E-state index is 0.0140. The number of carbonyl (C=O) groups is 2. The van der Waals surface area contributed by atoms with E-state index in [9.17, 15) is 19.8 Å². The number of carbonyl (C=O) groups excluding carboxylic acids is 1. The van der Waals surface area contributed by atoms with Crippen molar-refractivity contribution in [3.63, 3.8) is 0 Å². The van der Waals surface area contributed by atoms with Crippen molar-refractivity contribution in [1.82, 2.24) is 0 Å². The zero-order chi connectivity index (χ0) is 25.6. The number of ketones is 1. The number of Topliss-reactive ketones (excluding diaryl/α,β-unsaturated/α-hetero) is 1. The number of allylic oxidation sites excluding steroid dienone is 1. The van der Waals surface area contributed by atoms with Crippen LogP contribution >= 0.6 is 0 Å². The molecule has 0 radical (unpaired) electrons. The van der Waals surface area contributed by atoms with Crippen molar-refractivity contribution in [2.24, 2.45) is 22.4 Å². The number of ether oxygens (including phenoxy) is 1. The van der Waals surface area contributed by atoms with E-state index in [1.165, 1.54) is 13.8 Å². The smallest absolute Gasteiger partial charge is 0.306 e. The van der Waals surface area contributed by atoms with Gasteiger partial charge in [0.1, 0.15) is 5.78 Å². The average Bonchev–Trinajstić information content (AvgIpc) is 3.39. The summed E-state index contributed by atoms with van der Waals surface area (Å²) >= 11 is 0. The molecule has 1 saturated heterocycles. The van der Waals surface area contributed by atoms with Crippen molar-refractivity contribution in [3.05, 3.63) is 22.1 Å². The highest BCUT2D eigenvalue weighted by molar-refractivity contribution is 5.87. The average molecular weight is 468 g/mol. The maximum Gasteiger partial charge on any atom is 0.306 e. The minimum Gasteiger partial charge on any atom is -0.481 e. The number of hydrogen-bond donors (Lipinski definition) is 3. The van der Waals surface area contributed by atoms with E-state index < -0.39 is 35.9 Å². The van der Waals surface area contributed by atoms with Crippen LogP contribution in [0.4, 0.5) is 0 Å². The fourth-order valence-electron chi connectivity index (χ4n) is 4.36. The van der Waals surface area contributed by atoms with Crippen LogP contribution in [0.1, 0.15) is 80.6 Å². The summed E-state index contributed by atoms with van der Waals surface area (Å²) in [7, 11) is 0. The highest BCUT2D eigenvalue weighted by atomic mass is 16.6. The van der Waals surface area contributed by atoms with E-state index in [2.05, 4.69) is 10.0 Å². The minimum atomic E-state index is -1.32. The Morgan fingerprint density at radius 1 is 1.30 bits per heavy atom. The van der Waals surface area contributed by atoms with Crippen molar-refractivity contribution in [2.45, 2.75) is 111 Å². The molecule has 0 saturated carbocycles. The summed E-state index contributed by atoms with van der Waals surface area (Å²) in [4.78, 5) is 26.7. The van der Waals surface area contributed by atoms with Gasteiger partial charge in [-0.15, -0.1) is 0 Å². The lowest BCUT2D eigenvalue weighted by molar-refractivity contribution is -0.147. The van der Waals surface area contributed by atoms with Gasteiger partial charge >= 0.3 is 5.97 Å². The fraction of sp³-hybridized carbons (Fsp3) is 0.833. The zero-order valence-electron chi connectivity index (χ0n) is 21.0. The monoisotopic (exact) mass is 467 g/mol. The molecule has 9 heteroatoms. The molecule has 1 heterocycles. The van der Waals surface area contributed by atoms with Crippen molar-refractivity contribution in [2.75, 3.05) is 0 Å². The lowest BCUT2D eigenvalue weighted by Gasteiger charge is -2.34. The van der Waals surface area contributed by atoms with E-state index in [1.807, 2.05) is 33.8 Å². The number of hydrogen-bond acceptors (Lipinski definition) is 6. The SMILES string of the molecule is C/C=C(\C)C(CC1OC1(C)CCCC(C)C(O)C(C)C(=O)C(C)(C)C(O)CC(=O)O)N=[N+]=[N-]. The van der Waals surface area contributed by atoms with Crippen LogP contribution in [-0.2, 0) is 14.3 Å². The van der Waals surface area contributed by atoms with Gasteiger partial charge in [-0.25, -0.2) is 0 Å². The Kier molecular flexibility index (Phi) is 10.6. The number of nitrogens with zero attached hydrogens (tertiary/aromatic N) is 3. The molecule has 9 nitrogen and oxygen atoms in total. The molecule has 0 bridgehead atoms. The molecule has 33 heavy (non-hydrogen) atoms. The molecule has 0 aromatic carbocycles. The third kappa shape index (κ3) is 7.81. The fourth-order valence-corrected chi connectivity index (χ4v) is 4.36. The van der Waals surface area contributed by atoms with E-state index in [1.54, 1.807) is 6.92 Å². The Labute approximate surface area is 196 Å². The van der Waals surface area contributed by atoms with E-state index in [-0.39, 0.29) is 29.4 Å². The molecule has 1 aliphatic rings. The molecule has 0 aromatic heterocycles. The zero-order valence-corrected chi connectivity index (χ0v) is 21.0. The van der Waals surface area contributed by atoms with Crippen LogP contribution in [0, 0.1) is 17.3 Å². The van der Waals surface area contributed by atoms with Gasteiger partial charge in [-0.2, -0.15) is 0 Å². The predicted molar refractivity (Wildman–Crippen MR) is 125 cm³/mol. The lowest BCUT2D eigenvalue weighted by atomic mass is 9.73.